The number of carbonyl (C=O) groups excluding carboxylic acids is 1. The predicted molar refractivity (Wildman–Crippen MR) is 133 cm³/mol. The van der Waals surface area contributed by atoms with Crippen LogP contribution in [0.3, 0.4) is 0 Å². The van der Waals surface area contributed by atoms with E-state index in [1.165, 1.54) is 76.1 Å². The van der Waals surface area contributed by atoms with E-state index < -0.39 is 0 Å². The number of hydrogen-bond donors (Lipinski definition) is 1. The molecule has 6 saturated heterocycles. The van der Waals surface area contributed by atoms with Gasteiger partial charge >= 0.3 is 0 Å². The summed E-state index contributed by atoms with van der Waals surface area (Å²) in [5.74, 6) is 3.34. The van der Waals surface area contributed by atoms with Gasteiger partial charge in [0.15, 0.2) is 5.78 Å². The first kappa shape index (κ1) is 22.8. The number of piperidine rings is 6. The lowest BCUT2D eigenvalue weighted by molar-refractivity contribution is 0.0871. The van der Waals surface area contributed by atoms with Crippen molar-refractivity contribution in [3.8, 4) is 0 Å². The average molecular weight is 447 g/mol. The lowest BCUT2D eigenvalue weighted by Gasteiger charge is -2.45. The van der Waals surface area contributed by atoms with Gasteiger partial charge < -0.3 is 14.9 Å². The van der Waals surface area contributed by atoms with E-state index in [4.69, 9.17) is 5.11 Å². The Morgan fingerprint density at radius 1 is 0.758 bits per heavy atom. The van der Waals surface area contributed by atoms with Crippen molar-refractivity contribution in [1.82, 2.24) is 9.80 Å². The summed E-state index contributed by atoms with van der Waals surface area (Å²) in [6.45, 7) is 9.40. The van der Waals surface area contributed by atoms with Gasteiger partial charge in [-0.1, -0.05) is 48.5 Å². The fourth-order valence-corrected chi connectivity index (χ4v) is 6.52. The Morgan fingerprint density at radius 2 is 1.18 bits per heavy atom. The molecule has 0 amide bonds. The molecular formula is C29H38N2O2. The lowest BCUT2D eigenvalue weighted by Crippen LogP contribution is -2.46. The summed E-state index contributed by atoms with van der Waals surface area (Å²) in [5.41, 5.74) is 4.73. The minimum Gasteiger partial charge on any atom is -0.392 e. The Kier molecular flexibility index (Phi) is 6.96. The molecule has 6 aliphatic heterocycles. The zero-order valence-electron chi connectivity index (χ0n) is 20.0. The van der Waals surface area contributed by atoms with Crippen LogP contribution in [0.5, 0.6) is 0 Å². The van der Waals surface area contributed by atoms with Gasteiger partial charge in [0.1, 0.15) is 0 Å². The van der Waals surface area contributed by atoms with Crippen molar-refractivity contribution in [2.24, 2.45) is 11.8 Å². The maximum atomic E-state index is 11.3. The minimum absolute atomic E-state index is 0.153. The summed E-state index contributed by atoms with van der Waals surface area (Å²) < 4.78 is 0. The summed E-state index contributed by atoms with van der Waals surface area (Å²) >= 11 is 0. The average Bonchev–Trinajstić information content (AvgIpc) is 2.90. The highest BCUT2D eigenvalue weighted by atomic mass is 16.3. The number of carbonyl (C=O) groups is 1. The number of hydrogen-bond acceptors (Lipinski definition) is 4. The molecule has 0 aromatic heterocycles. The molecule has 4 nitrogen and oxygen atoms in total. The molecule has 2 aromatic carbocycles. The first-order valence-corrected chi connectivity index (χ1v) is 12.9. The van der Waals surface area contributed by atoms with Crippen molar-refractivity contribution >= 4 is 5.78 Å². The molecule has 1 N–H and O–H groups in total. The van der Waals surface area contributed by atoms with Gasteiger partial charge in [-0.05, 0) is 99.1 Å². The quantitative estimate of drug-likeness (QED) is 0.692. The van der Waals surface area contributed by atoms with Gasteiger partial charge in [0.25, 0.3) is 0 Å². The number of Topliss-reactive ketones (excluding diaryl/α,β-unsaturated/α-hetero) is 1. The first-order chi connectivity index (χ1) is 16.1. The van der Waals surface area contributed by atoms with Gasteiger partial charge in [0.05, 0.1) is 6.61 Å². The fraction of sp³-hybridized carbons (Fsp3) is 0.552. The van der Waals surface area contributed by atoms with Crippen molar-refractivity contribution in [3.05, 3.63) is 70.8 Å². The van der Waals surface area contributed by atoms with Crippen LogP contribution in [0.2, 0.25) is 0 Å². The largest absolute Gasteiger partial charge is 0.392 e. The van der Waals surface area contributed by atoms with Crippen molar-refractivity contribution in [2.75, 3.05) is 39.3 Å². The number of benzene rings is 2. The third-order valence-corrected chi connectivity index (χ3v) is 8.65. The normalized spacial score (nSPS) is 32.2. The summed E-state index contributed by atoms with van der Waals surface area (Å²) in [6, 6.07) is 16.8. The number of rotatable bonds is 4. The van der Waals surface area contributed by atoms with E-state index in [9.17, 15) is 4.79 Å². The maximum absolute atomic E-state index is 11.3. The van der Waals surface area contributed by atoms with Crippen LogP contribution in [0, 0.1) is 11.8 Å². The Balaban J connectivity index is 0.000000139. The van der Waals surface area contributed by atoms with E-state index >= 15 is 0 Å². The number of aliphatic hydroxyl groups excluding tert-OH is 1. The molecule has 6 aliphatic rings. The molecule has 8 rings (SSSR count). The van der Waals surface area contributed by atoms with Crippen LogP contribution in [-0.2, 0) is 6.61 Å². The van der Waals surface area contributed by atoms with Crippen molar-refractivity contribution in [1.29, 1.82) is 0 Å². The van der Waals surface area contributed by atoms with Crippen molar-refractivity contribution in [2.45, 2.75) is 51.0 Å². The highest BCUT2D eigenvalue weighted by molar-refractivity contribution is 5.94. The second-order valence-corrected chi connectivity index (χ2v) is 10.6. The predicted octanol–water partition coefficient (Wildman–Crippen LogP) is 4.69. The van der Waals surface area contributed by atoms with Crippen LogP contribution in [0.1, 0.15) is 71.5 Å². The molecule has 176 valence electrons. The minimum atomic E-state index is 0.153. The summed E-state index contributed by atoms with van der Waals surface area (Å²) in [6.07, 6.45) is 5.43. The van der Waals surface area contributed by atoms with Crippen LogP contribution in [0.25, 0.3) is 0 Å². The number of aliphatic hydroxyl groups is 1. The number of nitrogens with zero attached hydrogens (tertiary/aromatic N) is 2. The van der Waals surface area contributed by atoms with Gasteiger partial charge in [0, 0.05) is 18.7 Å². The number of fused-ring (bicyclic) bond motifs is 6. The summed E-state index contributed by atoms with van der Waals surface area (Å²) in [5, 5.41) is 9.04. The molecule has 6 heterocycles. The zero-order chi connectivity index (χ0) is 22.8. The van der Waals surface area contributed by atoms with Crippen molar-refractivity contribution in [3.63, 3.8) is 0 Å². The van der Waals surface area contributed by atoms with E-state index in [2.05, 4.69) is 46.2 Å². The topological polar surface area (TPSA) is 43.8 Å². The standard InChI is InChI=1S/C15H19NO.C14H19NO/c1-11(17)12-2-4-13(5-3-12)15-10-16-8-6-14(15)7-9-16;16-10-11-1-3-12(4-2-11)14-9-15-7-5-13(14)6-8-15/h2-5,14-15H,6-10H2,1H3;1-4,13-14,16H,5-10H2. The lowest BCUT2D eigenvalue weighted by atomic mass is 9.75. The summed E-state index contributed by atoms with van der Waals surface area (Å²) in [4.78, 5) is 16.4. The molecule has 0 radical (unpaired) electrons. The molecule has 6 fully saturated rings. The molecular weight excluding hydrogens is 408 g/mol. The second kappa shape index (κ2) is 10.1. The van der Waals surface area contributed by atoms with Crippen LogP contribution in [0.15, 0.2) is 48.5 Å². The monoisotopic (exact) mass is 446 g/mol. The van der Waals surface area contributed by atoms with Crippen LogP contribution in [0.4, 0.5) is 0 Å². The Morgan fingerprint density at radius 3 is 1.52 bits per heavy atom. The van der Waals surface area contributed by atoms with E-state index in [0.717, 1.165) is 28.9 Å². The SMILES string of the molecule is CC(=O)c1ccc(C2CN3CCC2CC3)cc1.OCc1ccc(C2CN3CCC2CC3)cc1. The molecule has 2 aromatic rings. The third-order valence-electron chi connectivity index (χ3n) is 8.65. The van der Waals surface area contributed by atoms with Gasteiger partial charge in [-0.2, -0.15) is 0 Å². The Bertz CT molecular complexity index is 923. The maximum Gasteiger partial charge on any atom is 0.159 e. The van der Waals surface area contributed by atoms with E-state index in [1.54, 1.807) is 6.92 Å². The van der Waals surface area contributed by atoms with Crippen LogP contribution in [-0.4, -0.2) is 60.0 Å². The Labute approximate surface area is 198 Å². The van der Waals surface area contributed by atoms with Crippen molar-refractivity contribution < 1.29 is 9.90 Å². The highest BCUT2D eigenvalue weighted by Crippen LogP contribution is 2.39. The first-order valence-electron chi connectivity index (χ1n) is 12.9. The molecule has 4 heteroatoms. The van der Waals surface area contributed by atoms with Gasteiger partial charge in [-0.3, -0.25) is 4.79 Å². The molecule has 0 spiro atoms. The number of ketones is 1. The molecule has 4 bridgehead atoms. The van der Waals surface area contributed by atoms with Crippen LogP contribution >= 0.6 is 0 Å². The zero-order valence-corrected chi connectivity index (χ0v) is 20.0. The molecule has 2 unspecified atom stereocenters. The van der Waals surface area contributed by atoms with Gasteiger partial charge in [0.2, 0.25) is 0 Å². The van der Waals surface area contributed by atoms with Gasteiger partial charge in [-0.25, -0.2) is 0 Å². The van der Waals surface area contributed by atoms with E-state index in [-0.39, 0.29) is 12.4 Å². The summed E-state index contributed by atoms with van der Waals surface area (Å²) in [7, 11) is 0. The van der Waals surface area contributed by atoms with E-state index in [0.29, 0.717) is 5.92 Å². The third kappa shape index (κ3) is 5.08. The molecule has 2 atom stereocenters. The van der Waals surface area contributed by atoms with Gasteiger partial charge in [-0.15, -0.1) is 0 Å². The van der Waals surface area contributed by atoms with E-state index in [1.807, 2.05) is 12.1 Å². The second-order valence-electron chi connectivity index (χ2n) is 10.6. The molecule has 0 aliphatic carbocycles. The fourth-order valence-electron chi connectivity index (χ4n) is 6.52. The van der Waals surface area contributed by atoms with Crippen LogP contribution < -0.4 is 0 Å². The Hall–Kier alpha value is -2.01. The highest BCUT2D eigenvalue weighted by Gasteiger charge is 2.35. The molecule has 33 heavy (non-hydrogen) atoms. The smallest absolute Gasteiger partial charge is 0.159 e. The molecule has 0 saturated carbocycles.